The highest BCUT2D eigenvalue weighted by atomic mass is 15.1. The SMILES string of the molecule is CCNC(C)C1CCCN(CCc2ccccn2)C1. The van der Waals surface area contributed by atoms with Crippen LogP contribution in [0.5, 0.6) is 0 Å². The molecule has 1 fully saturated rings. The fourth-order valence-corrected chi connectivity index (χ4v) is 3.01. The van der Waals surface area contributed by atoms with Crippen molar-refractivity contribution in [2.24, 2.45) is 5.92 Å². The van der Waals surface area contributed by atoms with E-state index in [-0.39, 0.29) is 0 Å². The molecular weight excluding hydrogens is 234 g/mol. The Morgan fingerprint density at radius 3 is 3.11 bits per heavy atom. The maximum absolute atomic E-state index is 4.41. The predicted octanol–water partition coefficient (Wildman–Crippen LogP) is 2.33. The summed E-state index contributed by atoms with van der Waals surface area (Å²) >= 11 is 0. The quantitative estimate of drug-likeness (QED) is 0.852. The molecule has 0 radical (unpaired) electrons. The summed E-state index contributed by atoms with van der Waals surface area (Å²) in [7, 11) is 0. The molecular formula is C16H27N3. The Balaban J connectivity index is 1.78. The van der Waals surface area contributed by atoms with Gasteiger partial charge in [-0.2, -0.15) is 0 Å². The minimum absolute atomic E-state index is 0.641. The van der Waals surface area contributed by atoms with E-state index in [2.05, 4.69) is 41.2 Å². The van der Waals surface area contributed by atoms with Crippen molar-refractivity contribution >= 4 is 0 Å². The highest BCUT2D eigenvalue weighted by Crippen LogP contribution is 2.19. The summed E-state index contributed by atoms with van der Waals surface area (Å²) in [6.07, 6.45) is 5.67. The molecule has 2 unspecified atom stereocenters. The average Bonchev–Trinajstić information content (AvgIpc) is 2.47. The maximum Gasteiger partial charge on any atom is 0.0416 e. The number of nitrogens with one attached hydrogen (secondary N) is 1. The van der Waals surface area contributed by atoms with Gasteiger partial charge >= 0.3 is 0 Å². The molecule has 1 N–H and O–H groups in total. The molecule has 106 valence electrons. The molecule has 2 atom stereocenters. The second-order valence-electron chi connectivity index (χ2n) is 5.62. The minimum Gasteiger partial charge on any atom is -0.314 e. The zero-order valence-corrected chi connectivity index (χ0v) is 12.3. The molecule has 0 aromatic carbocycles. The molecule has 0 spiro atoms. The van der Waals surface area contributed by atoms with Gasteiger partial charge in [-0.25, -0.2) is 0 Å². The van der Waals surface area contributed by atoms with Crippen LogP contribution in [0.1, 0.15) is 32.4 Å². The first-order valence-corrected chi connectivity index (χ1v) is 7.65. The number of piperidine rings is 1. The first-order chi connectivity index (χ1) is 9.29. The summed E-state index contributed by atoms with van der Waals surface area (Å²) in [5.74, 6) is 0.803. The lowest BCUT2D eigenvalue weighted by Gasteiger charge is -2.36. The monoisotopic (exact) mass is 261 g/mol. The van der Waals surface area contributed by atoms with Crippen LogP contribution >= 0.6 is 0 Å². The Morgan fingerprint density at radius 2 is 2.37 bits per heavy atom. The zero-order valence-electron chi connectivity index (χ0n) is 12.3. The third-order valence-electron chi connectivity index (χ3n) is 4.19. The third-order valence-corrected chi connectivity index (χ3v) is 4.19. The highest BCUT2D eigenvalue weighted by Gasteiger charge is 2.23. The van der Waals surface area contributed by atoms with Gasteiger partial charge in [-0.05, 0) is 50.9 Å². The minimum atomic E-state index is 0.641. The number of aromatic nitrogens is 1. The lowest BCUT2D eigenvalue weighted by molar-refractivity contribution is 0.152. The van der Waals surface area contributed by atoms with Gasteiger partial charge in [0.1, 0.15) is 0 Å². The average molecular weight is 261 g/mol. The summed E-state index contributed by atoms with van der Waals surface area (Å²) in [6, 6.07) is 6.83. The van der Waals surface area contributed by atoms with Gasteiger partial charge in [0.15, 0.2) is 0 Å². The molecule has 2 rings (SSSR count). The molecule has 1 saturated heterocycles. The van der Waals surface area contributed by atoms with E-state index in [0.29, 0.717) is 6.04 Å². The highest BCUT2D eigenvalue weighted by molar-refractivity contribution is 5.03. The van der Waals surface area contributed by atoms with E-state index in [9.17, 15) is 0 Å². The number of rotatable bonds is 6. The van der Waals surface area contributed by atoms with Gasteiger partial charge in [0.05, 0.1) is 0 Å². The lowest BCUT2D eigenvalue weighted by Crippen LogP contribution is -2.45. The van der Waals surface area contributed by atoms with Crippen molar-refractivity contribution < 1.29 is 0 Å². The van der Waals surface area contributed by atoms with Crippen LogP contribution in [-0.4, -0.2) is 42.1 Å². The summed E-state index contributed by atoms with van der Waals surface area (Å²) in [5.41, 5.74) is 1.21. The molecule has 19 heavy (non-hydrogen) atoms. The number of hydrogen-bond acceptors (Lipinski definition) is 3. The van der Waals surface area contributed by atoms with Crippen LogP contribution < -0.4 is 5.32 Å². The van der Waals surface area contributed by atoms with Gasteiger partial charge < -0.3 is 10.2 Å². The van der Waals surface area contributed by atoms with Crippen LogP contribution in [0.4, 0.5) is 0 Å². The van der Waals surface area contributed by atoms with Crippen molar-refractivity contribution in [3.05, 3.63) is 30.1 Å². The Morgan fingerprint density at radius 1 is 1.47 bits per heavy atom. The number of nitrogens with zero attached hydrogens (tertiary/aromatic N) is 2. The molecule has 1 aliphatic rings. The number of pyridine rings is 1. The van der Waals surface area contributed by atoms with Gasteiger partial charge in [-0.3, -0.25) is 4.98 Å². The molecule has 0 amide bonds. The van der Waals surface area contributed by atoms with Crippen molar-refractivity contribution in [2.45, 2.75) is 39.2 Å². The molecule has 2 heterocycles. The van der Waals surface area contributed by atoms with E-state index in [4.69, 9.17) is 0 Å². The lowest BCUT2D eigenvalue weighted by atomic mass is 9.91. The number of likely N-dealkylation sites (tertiary alicyclic amines) is 1. The number of hydrogen-bond donors (Lipinski definition) is 1. The largest absolute Gasteiger partial charge is 0.314 e. The Kier molecular flexibility index (Phi) is 5.80. The van der Waals surface area contributed by atoms with E-state index >= 15 is 0 Å². The first-order valence-electron chi connectivity index (χ1n) is 7.65. The smallest absolute Gasteiger partial charge is 0.0416 e. The topological polar surface area (TPSA) is 28.2 Å². The van der Waals surface area contributed by atoms with Gasteiger partial charge in [-0.15, -0.1) is 0 Å². The molecule has 0 bridgehead atoms. The second-order valence-corrected chi connectivity index (χ2v) is 5.62. The fraction of sp³-hybridized carbons (Fsp3) is 0.688. The van der Waals surface area contributed by atoms with Crippen LogP contribution in [0.25, 0.3) is 0 Å². The molecule has 3 heteroatoms. The van der Waals surface area contributed by atoms with Gasteiger partial charge in [0, 0.05) is 37.4 Å². The normalized spacial score (nSPS) is 22.3. The Hall–Kier alpha value is -0.930. The summed E-state index contributed by atoms with van der Waals surface area (Å²) in [4.78, 5) is 7.02. The molecule has 1 aromatic heterocycles. The molecule has 1 aliphatic heterocycles. The Labute approximate surface area is 117 Å². The fourth-order valence-electron chi connectivity index (χ4n) is 3.01. The molecule has 3 nitrogen and oxygen atoms in total. The Bertz CT molecular complexity index is 352. The van der Waals surface area contributed by atoms with Crippen molar-refractivity contribution in [3.8, 4) is 0 Å². The summed E-state index contributed by atoms with van der Waals surface area (Å²) < 4.78 is 0. The van der Waals surface area contributed by atoms with Crippen LogP contribution in [0, 0.1) is 5.92 Å². The van der Waals surface area contributed by atoms with E-state index < -0.39 is 0 Å². The van der Waals surface area contributed by atoms with Crippen LogP contribution in [0.2, 0.25) is 0 Å². The summed E-state index contributed by atoms with van der Waals surface area (Å²) in [5, 5.41) is 3.57. The van der Waals surface area contributed by atoms with Crippen LogP contribution in [0.15, 0.2) is 24.4 Å². The van der Waals surface area contributed by atoms with E-state index in [1.807, 2.05) is 12.3 Å². The van der Waals surface area contributed by atoms with Crippen LogP contribution in [-0.2, 0) is 6.42 Å². The predicted molar refractivity (Wildman–Crippen MR) is 80.2 cm³/mol. The first kappa shape index (κ1) is 14.5. The van der Waals surface area contributed by atoms with Gasteiger partial charge in [0.2, 0.25) is 0 Å². The molecule has 1 aromatic rings. The van der Waals surface area contributed by atoms with Crippen molar-refractivity contribution in [3.63, 3.8) is 0 Å². The standard InChI is InChI=1S/C16H27N3/c1-3-17-14(2)15-7-6-11-19(13-15)12-9-16-8-4-5-10-18-16/h4-5,8,10,14-15,17H,3,6-7,9,11-13H2,1-2H3. The van der Waals surface area contributed by atoms with E-state index in [1.54, 1.807) is 0 Å². The van der Waals surface area contributed by atoms with E-state index in [1.165, 1.54) is 31.6 Å². The second kappa shape index (κ2) is 7.61. The third kappa shape index (κ3) is 4.59. The molecule has 0 saturated carbocycles. The van der Waals surface area contributed by atoms with Gasteiger partial charge in [0.25, 0.3) is 0 Å². The molecule has 0 aliphatic carbocycles. The van der Waals surface area contributed by atoms with Crippen molar-refractivity contribution in [2.75, 3.05) is 26.2 Å². The zero-order chi connectivity index (χ0) is 13.5. The summed E-state index contributed by atoms with van der Waals surface area (Å²) in [6.45, 7) is 9.23. The van der Waals surface area contributed by atoms with Crippen molar-refractivity contribution in [1.29, 1.82) is 0 Å². The van der Waals surface area contributed by atoms with Crippen molar-refractivity contribution in [1.82, 2.24) is 15.2 Å². The van der Waals surface area contributed by atoms with E-state index in [0.717, 1.165) is 25.4 Å². The van der Waals surface area contributed by atoms with Crippen LogP contribution in [0.3, 0.4) is 0 Å². The van der Waals surface area contributed by atoms with Gasteiger partial charge in [-0.1, -0.05) is 13.0 Å². The maximum atomic E-state index is 4.41.